The number of hydrogen-bond acceptors (Lipinski definition) is 6. The molecule has 21 heavy (non-hydrogen) atoms. The molecule has 0 aliphatic carbocycles. The number of amides is 2. The van der Waals surface area contributed by atoms with Gasteiger partial charge in [0.1, 0.15) is 0 Å². The summed E-state index contributed by atoms with van der Waals surface area (Å²) in [6.07, 6.45) is 1.43. The Labute approximate surface area is 129 Å². The SMILES string of the molecule is CCN1C(=O)[C@@H](C=NCCN2CCOCC2)C(=O)NC1=S. The van der Waals surface area contributed by atoms with Gasteiger partial charge in [-0.3, -0.25) is 24.4 Å². The van der Waals surface area contributed by atoms with Crippen molar-refractivity contribution >= 4 is 35.4 Å². The molecule has 7 nitrogen and oxygen atoms in total. The average molecular weight is 312 g/mol. The molecule has 2 fully saturated rings. The standard InChI is InChI=1S/C13H20N4O3S/c1-2-17-12(19)10(11(18)15-13(17)21)9-14-3-4-16-5-7-20-8-6-16/h9-10H,2-8H2,1H3,(H,15,18,21)/t10-/m0/s1. The summed E-state index contributed by atoms with van der Waals surface area (Å²) in [7, 11) is 0. The zero-order valence-corrected chi connectivity index (χ0v) is 12.9. The van der Waals surface area contributed by atoms with Crippen LogP contribution in [0.15, 0.2) is 4.99 Å². The highest BCUT2D eigenvalue weighted by molar-refractivity contribution is 7.80. The summed E-state index contributed by atoms with van der Waals surface area (Å²) in [5, 5.41) is 2.70. The summed E-state index contributed by atoms with van der Waals surface area (Å²) in [4.78, 5) is 31.8. The molecule has 0 saturated carbocycles. The molecule has 1 atom stereocenters. The number of nitrogens with one attached hydrogen (secondary N) is 1. The van der Waals surface area contributed by atoms with Gasteiger partial charge in [0.25, 0.3) is 0 Å². The number of carbonyl (C=O) groups is 2. The lowest BCUT2D eigenvalue weighted by Crippen LogP contribution is -2.58. The van der Waals surface area contributed by atoms with Gasteiger partial charge in [-0.15, -0.1) is 0 Å². The van der Waals surface area contributed by atoms with E-state index >= 15 is 0 Å². The van der Waals surface area contributed by atoms with Crippen molar-refractivity contribution < 1.29 is 14.3 Å². The van der Waals surface area contributed by atoms with Gasteiger partial charge in [-0.25, -0.2) is 0 Å². The number of morpholine rings is 1. The molecule has 2 aliphatic heterocycles. The zero-order valence-electron chi connectivity index (χ0n) is 12.1. The Kier molecular flexibility index (Phi) is 5.77. The van der Waals surface area contributed by atoms with Crippen LogP contribution in [0.2, 0.25) is 0 Å². The molecule has 2 aliphatic rings. The summed E-state index contributed by atoms with van der Waals surface area (Å²) >= 11 is 4.96. The van der Waals surface area contributed by atoms with E-state index in [1.165, 1.54) is 11.1 Å². The Bertz CT molecular complexity index is 449. The minimum atomic E-state index is -0.874. The molecule has 116 valence electrons. The summed E-state index contributed by atoms with van der Waals surface area (Å²) in [6, 6.07) is 0. The fraction of sp³-hybridized carbons (Fsp3) is 0.692. The summed E-state index contributed by atoms with van der Waals surface area (Å²) in [6.45, 7) is 6.91. The minimum Gasteiger partial charge on any atom is -0.379 e. The van der Waals surface area contributed by atoms with Crippen molar-refractivity contribution in [2.75, 3.05) is 45.9 Å². The van der Waals surface area contributed by atoms with Crippen LogP contribution in [0.25, 0.3) is 0 Å². The molecule has 1 N–H and O–H groups in total. The van der Waals surface area contributed by atoms with Crippen molar-refractivity contribution in [1.29, 1.82) is 0 Å². The van der Waals surface area contributed by atoms with Crippen LogP contribution in [-0.4, -0.2) is 78.9 Å². The Morgan fingerprint density at radius 1 is 1.43 bits per heavy atom. The second-order valence-corrected chi connectivity index (χ2v) is 5.25. The van der Waals surface area contributed by atoms with Crippen molar-refractivity contribution in [1.82, 2.24) is 15.1 Å². The van der Waals surface area contributed by atoms with Gasteiger partial charge < -0.3 is 10.1 Å². The van der Waals surface area contributed by atoms with Crippen LogP contribution in [-0.2, 0) is 14.3 Å². The molecule has 2 amide bonds. The fourth-order valence-corrected chi connectivity index (χ4v) is 2.59. The van der Waals surface area contributed by atoms with Crippen molar-refractivity contribution in [2.24, 2.45) is 10.9 Å². The normalized spacial score (nSPS) is 24.7. The molecule has 0 aromatic rings. The molecule has 0 unspecified atom stereocenters. The second kappa shape index (κ2) is 7.58. The van der Waals surface area contributed by atoms with E-state index in [1.807, 2.05) is 6.92 Å². The average Bonchev–Trinajstić information content (AvgIpc) is 2.47. The third-order valence-corrected chi connectivity index (χ3v) is 3.83. The van der Waals surface area contributed by atoms with Crippen LogP contribution in [0.1, 0.15) is 6.92 Å². The highest BCUT2D eigenvalue weighted by Crippen LogP contribution is 2.08. The quantitative estimate of drug-likeness (QED) is 0.411. The highest BCUT2D eigenvalue weighted by Gasteiger charge is 2.36. The van der Waals surface area contributed by atoms with Crippen LogP contribution in [0, 0.1) is 5.92 Å². The molecular formula is C13H20N4O3S. The topological polar surface area (TPSA) is 74.2 Å². The number of hydrogen-bond donors (Lipinski definition) is 1. The van der Waals surface area contributed by atoms with Gasteiger partial charge in [-0.2, -0.15) is 0 Å². The Morgan fingerprint density at radius 2 is 2.14 bits per heavy atom. The molecule has 8 heteroatoms. The van der Waals surface area contributed by atoms with Gasteiger partial charge >= 0.3 is 0 Å². The molecule has 0 aromatic carbocycles. The first-order valence-electron chi connectivity index (χ1n) is 7.09. The molecule has 2 saturated heterocycles. The van der Waals surface area contributed by atoms with Gasteiger partial charge in [-0.1, -0.05) is 0 Å². The predicted octanol–water partition coefficient (Wildman–Crippen LogP) is -0.731. The van der Waals surface area contributed by atoms with E-state index in [1.54, 1.807) is 0 Å². The smallest absolute Gasteiger partial charge is 0.246 e. The van der Waals surface area contributed by atoms with Gasteiger partial charge in [0.2, 0.25) is 11.8 Å². The summed E-state index contributed by atoms with van der Waals surface area (Å²) in [5.41, 5.74) is 0. The van der Waals surface area contributed by atoms with Crippen LogP contribution in [0.5, 0.6) is 0 Å². The molecule has 0 radical (unpaired) electrons. The monoisotopic (exact) mass is 312 g/mol. The molecular weight excluding hydrogens is 292 g/mol. The zero-order chi connectivity index (χ0) is 15.2. The van der Waals surface area contributed by atoms with Gasteiger partial charge in [0, 0.05) is 32.4 Å². The van der Waals surface area contributed by atoms with Crippen LogP contribution in [0.4, 0.5) is 0 Å². The lowest BCUT2D eigenvalue weighted by Gasteiger charge is -2.30. The van der Waals surface area contributed by atoms with Crippen LogP contribution < -0.4 is 5.32 Å². The van der Waals surface area contributed by atoms with Crippen molar-refractivity contribution in [2.45, 2.75) is 6.92 Å². The highest BCUT2D eigenvalue weighted by atomic mass is 32.1. The number of carbonyl (C=O) groups excluding carboxylic acids is 2. The largest absolute Gasteiger partial charge is 0.379 e. The maximum Gasteiger partial charge on any atom is 0.246 e. The number of aliphatic imine (C=N–C) groups is 1. The maximum absolute atomic E-state index is 12.1. The van der Waals surface area contributed by atoms with Gasteiger partial charge in [0.05, 0.1) is 19.8 Å². The number of thiocarbonyl (C=S) groups is 1. The summed E-state index contributed by atoms with van der Waals surface area (Å²) in [5.74, 6) is -1.58. The van der Waals surface area contributed by atoms with Gasteiger partial charge in [-0.05, 0) is 19.1 Å². The van der Waals surface area contributed by atoms with Gasteiger partial charge in [0.15, 0.2) is 11.0 Å². The van der Waals surface area contributed by atoms with Crippen molar-refractivity contribution in [3.63, 3.8) is 0 Å². The third-order valence-electron chi connectivity index (χ3n) is 3.51. The Balaban J connectivity index is 1.85. The van der Waals surface area contributed by atoms with E-state index in [0.29, 0.717) is 13.1 Å². The fourth-order valence-electron chi connectivity index (χ4n) is 2.27. The van der Waals surface area contributed by atoms with E-state index in [2.05, 4.69) is 15.2 Å². The van der Waals surface area contributed by atoms with E-state index in [4.69, 9.17) is 17.0 Å². The lowest BCUT2D eigenvalue weighted by atomic mass is 10.1. The van der Waals surface area contributed by atoms with Crippen LogP contribution >= 0.6 is 12.2 Å². The number of ether oxygens (including phenoxy) is 1. The van der Waals surface area contributed by atoms with E-state index in [0.717, 1.165) is 32.8 Å². The first-order chi connectivity index (χ1) is 10.1. The number of nitrogens with zero attached hydrogens (tertiary/aromatic N) is 3. The molecule has 0 bridgehead atoms. The second-order valence-electron chi connectivity index (χ2n) is 4.86. The maximum atomic E-state index is 12.1. The summed E-state index contributed by atoms with van der Waals surface area (Å²) < 4.78 is 5.27. The van der Waals surface area contributed by atoms with E-state index in [-0.39, 0.29) is 11.0 Å². The Hall–Kier alpha value is -1.38. The molecule has 0 spiro atoms. The number of rotatable bonds is 5. The lowest BCUT2D eigenvalue weighted by molar-refractivity contribution is -0.137. The first-order valence-corrected chi connectivity index (χ1v) is 7.50. The predicted molar refractivity (Wildman–Crippen MR) is 82.2 cm³/mol. The van der Waals surface area contributed by atoms with Crippen molar-refractivity contribution in [3.8, 4) is 0 Å². The van der Waals surface area contributed by atoms with Crippen molar-refractivity contribution in [3.05, 3.63) is 0 Å². The molecule has 2 rings (SSSR count). The Morgan fingerprint density at radius 3 is 2.81 bits per heavy atom. The van der Waals surface area contributed by atoms with E-state index in [9.17, 15) is 9.59 Å². The minimum absolute atomic E-state index is 0.172. The molecule has 2 heterocycles. The van der Waals surface area contributed by atoms with E-state index < -0.39 is 11.8 Å². The molecule has 0 aromatic heterocycles. The third kappa shape index (κ3) is 4.05. The van der Waals surface area contributed by atoms with Crippen LogP contribution in [0.3, 0.4) is 0 Å². The first kappa shape index (κ1) is 16.0.